The molecule has 4 heteroatoms. The Bertz CT molecular complexity index is 430. The third-order valence-electron chi connectivity index (χ3n) is 4.19. The number of rotatable bonds is 4. The molecule has 2 rings (SSSR count). The summed E-state index contributed by atoms with van der Waals surface area (Å²) in [5, 5.41) is 13.3. The molecule has 1 aliphatic rings. The highest BCUT2D eigenvalue weighted by Gasteiger charge is 2.33. The van der Waals surface area contributed by atoms with Gasteiger partial charge in [0.1, 0.15) is 5.76 Å². The first-order valence-electron chi connectivity index (χ1n) is 7.05. The van der Waals surface area contributed by atoms with Crippen molar-refractivity contribution in [1.29, 1.82) is 0 Å². The molecule has 0 saturated heterocycles. The van der Waals surface area contributed by atoms with E-state index >= 15 is 0 Å². The number of carbonyl (C=O) groups is 1. The SMILES string of the molecule is Cc1occc1C(=O)NC[C@@](C)(O)C1CCCCC1. The molecular formula is C15H23NO3. The van der Waals surface area contributed by atoms with Gasteiger partial charge >= 0.3 is 0 Å². The van der Waals surface area contributed by atoms with Gasteiger partial charge in [0.2, 0.25) is 0 Å². The molecule has 1 heterocycles. The Kier molecular flexibility index (Phi) is 4.30. The average molecular weight is 265 g/mol. The Morgan fingerprint density at radius 1 is 1.47 bits per heavy atom. The second-order valence-corrected chi connectivity index (χ2v) is 5.77. The minimum atomic E-state index is -0.826. The first-order valence-corrected chi connectivity index (χ1v) is 7.05. The smallest absolute Gasteiger partial charge is 0.254 e. The highest BCUT2D eigenvalue weighted by Crippen LogP contribution is 2.32. The van der Waals surface area contributed by atoms with Crippen LogP contribution >= 0.6 is 0 Å². The van der Waals surface area contributed by atoms with Gasteiger partial charge in [0, 0.05) is 6.54 Å². The minimum absolute atomic E-state index is 0.178. The fourth-order valence-electron chi connectivity index (χ4n) is 2.84. The Balaban J connectivity index is 1.90. The van der Waals surface area contributed by atoms with Gasteiger partial charge in [-0.1, -0.05) is 19.3 Å². The number of nitrogens with one attached hydrogen (secondary N) is 1. The molecule has 106 valence electrons. The molecule has 19 heavy (non-hydrogen) atoms. The van der Waals surface area contributed by atoms with E-state index in [4.69, 9.17) is 4.42 Å². The zero-order valence-corrected chi connectivity index (χ0v) is 11.7. The first kappa shape index (κ1) is 14.1. The van der Waals surface area contributed by atoms with Crippen LogP contribution in [0.2, 0.25) is 0 Å². The van der Waals surface area contributed by atoms with Gasteiger partial charge in [-0.15, -0.1) is 0 Å². The van der Waals surface area contributed by atoms with E-state index in [2.05, 4.69) is 5.32 Å². The van der Waals surface area contributed by atoms with Gasteiger partial charge in [0.05, 0.1) is 17.4 Å². The summed E-state index contributed by atoms with van der Waals surface area (Å²) < 4.78 is 5.11. The highest BCUT2D eigenvalue weighted by molar-refractivity contribution is 5.95. The van der Waals surface area contributed by atoms with Crippen molar-refractivity contribution < 1.29 is 14.3 Å². The van der Waals surface area contributed by atoms with Crippen LogP contribution in [0, 0.1) is 12.8 Å². The Morgan fingerprint density at radius 3 is 2.74 bits per heavy atom. The molecule has 1 saturated carbocycles. The number of amides is 1. The van der Waals surface area contributed by atoms with Crippen molar-refractivity contribution in [2.75, 3.05) is 6.54 Å². The van der Waals surface area contributed by atoms with E-state index in [1.54, 1.807) is 13.0 Å². The van der Waals surface area contributed by atoms with E-state index in [1.807, 2.05) is 6.92 Å². The molecule has 1 aromatic rings. The molecule has 0 radical (unpaired) electrons. The van der Waals surface area contributed by atoms with Crippen LogP contribution in [0.4, 0.5) is 0 Å². The fourth-order valence-corrected chi connectivity index (χ4v) is 2.84. The van der Waals surface area contributed by atoms with E-state index in [-0.39, 0.29) is 11.8 Å². The summed E-state index contributed by atoms with van der Waals surface area (Å²) in [6.45, 7) is 3.88. The standard InChI is InChI=1S/C15H23NO3/c1-11-13(8-9-19-11)14(17)16-10-15(2,18)12-6-4-3-5-7-12/h8-9,12,18H,3-7,10H2,1-2H3,(H,16,17)/t15-/m1/s1. The lowest BCUT2D eigenvalue weighted by Gasteiger charge is -2.35. The maximum Gasteiger partial charge on any atom is 0.254 e. The van der Waals surface area contributed by atoms with Crippen molar-refractivity contribution >= 4 is 5.91 Å². The van der Waals surface area contributed by atoms with Crippen LogP contribution in [0.3, 0.4) is 0 Å². The molecule has 1 amide bonds. The van der Waals surface area contributed by atoms with E-state index in [9.17, 15) is 9.90 Å². The number of aryl methyl sites for hydroxylation is 1. The van der Waals surface area contributed by atoms with Crippen molar-refractivity contribution in [1.82, 2.24) is 5.32 Å². The molecule has 1 fully saturated rings. The molecule has 4 nitrogen and oxygen atoms in total. The number of furan rings is 1. The summed E-state index contributed by atoms with van der Waals surface area (Å²) >= 11 is 0. The molecule has 2 N–H and O–H groups in total. The second kappa shape index (κ2) is 5.78. The number of hydrogen-bond donors (Lipinski definition) is 2. The zero-order valence-electron chi connectivity index (χ0n) is 11.7. The summed E-state index contributed by atoms with van der Waals surface area (Å²) in [5.41, 5.74) is -0.285. The number of aliphatic hydroxyl groups is 1. The van der Waals surface area contributed by atoms with Gasteiger partial charge in [-0.2, -0.15) is 0 Å². The van der Waals surface area contributed by atoms with Gasteiger partial charge in [0.25, 0.3) is 5.91 Å². The lowest BCUT2D eigenvalue weighted by Crippen LogP contribution is -2.46. The molecule has 0 unspecified atom stereocenters. The van der Waals surface area contributed by atoms with Gasteiger partial charge < -0.3 is 14.8 Å². The third-order valence-corrected chi connectivity index (χ3v) is 4.19. The summed E-state index contributed by atoms with van der Waals surface area (Å²) in [4.78, 5) is 12.0. The summed E-state index contributed by atoms with van der Waals surface area (Å²) in [7, 11) is 0. The molecule has 0 aromatic carbocycles. The van der Waals surface area contributed by atoms with Crippen molar-refractivity contribution in [3.05, 3.63) is 23.7 Å². The Morgan fingerprint density at radius 2 is 2.16 bits per heavy atom. The molecular weight excluding hydrogens is 242 g/mol. The quantitative estimate of drug-likeness (QED) is 0.879. The Hall–Kier alpha value is -1.29. The third kappa shape index (κ3) is 3.38. The first-order chi connectivity index (χ1) is 9.00. The minimum Gasteiger partial charge on any atom is -0.469 e. The number of hydrogen-bond acceptors (Lipinski definition) is 3. The van der Waals surface area contributed by atoms with Crippen LogP contribution in [0.5, 0.6) is 0 Å². The van der Waals surface area contributed by atoms with Crippen LogP contribution in [-0.2, 0) is 0 Å². The van der Waals surface area contributed by atoms with Crippen molar-refractivity contribution in [2.24, 2.45) is 5.92 Å². The van der Waals surface area contributed by atoms with Crippen LogP contribution in [0.1, 0.15) is 55.1 Å². The van der Waals surface area contributed by atoms with E-state index in [0.29, 0.717) is 17.9 Å². The maximum atomic E-state index is 12.0. The predicted octanol–water partition coefficient (Wildman–Crippen LogP) is 2.65. The average Bonchev–Trinajstić information content (AvgIpc) is 2.83. The molecule has 0 bridgehead atoms. The van der Waals surface area contributed by atoms with Crippen LogP contribution in [-0.4, -0.2) is 23.2 Å². The summed E-state index contributed by atoms with van der Waals surface area (Å²) in [5.74, 6) is 0.712. The second-order valence-electron chi connectivity index (χ2n) is 5.77. The largest absolute Gasteiger partial charge is 0.469 e. The van der Waals surface area contributed by atoms with E-state index in [1.165, 1.54) is 25.5 Å². The highest BCUT2D eigenvalue weighted by atomic mass is 16.3. The van der Waals surface area contributed by atoms with E-state index in [0.717, 1.165) is 12.8 Å². The Labute approximate surface area is 114 Å². The van der Waals surface area contributed by atoms with Gasteiger partial charge in [0.15, 0.2) is 0 Å². The van der Waals surface area contributed by atoms with Gasteiger partial charge in [-0.05, 0) is 38.7 Å². The van der Waals surface area contributed by atoms with Crippen molar-refractivity contribution in [2.45, 2.75) is 51.6 Å². The summed E-state index contributed by atoms with van der Waals surface area (Å²) in [6.07, 6.45) is 7.21. The fraction of sp³-hybridized carbons (Fsp3) is 0.667. The molecule has 1 aliphatic carbocycles. The zero-order chi connectivity index (χ0) is 13.9. The predicted molar refractivity (Wildman–Crippen MR) is 73.0 cm³/mol. The normalized spacial score (nSPS) is 19.9. The topological polar surface area (TPSA) is 62.5 Å². The van der Waals surface area contributed by atoms with Crippen LogP contribution in [0.15, 0.2) is 16.7 Å². The lowest BCUT2D eigenvalue weighted by molar-refractivity contribution is -0.0143. The number of carbonyl (C=O) groups excluding carboxylic acids is 1. The molecule has 0 aliphatic heterocycles. The van der Waals surface area contributed by atoms with E-state index < -0.39 is 5.60 Å². The van der Waals surface area contributed by atoms with Gasteiger partial charge in [-0.25, -0.2) is 0 Å². The monoisotopic (exact) mass is 265 g/mol. The lowest BCUT2D eigenvalue weighted by atomic mass is 9.78. The molecule has 0 spiro atoms. The maximum absolute atomic E-state index is 12.0. The van der Waals surface area contributed by atoms with Crippen LogP contribution in [0.25, 0.3) is 0 Å². The van der Waals surface area contributed by atoms with Crippen molar-refractivity contribution in [3.8, 4) is 0 Å². The van der Waals surface area contributed by atoms with Crippen molar-refractivity contribution in [3.63, 3.8) is 0 Å². The molecule has 1 aromatic heterocycles. The van der Waals surface area contributed by atoms with Gasteiger partial charge in [-0.3, -0.25) is 4.79 Å². The molecule has 1 atom stereocenters. The summed E-state index contributed by atoms with van der Waals surface area (Å²) in [6, 6.07) is 1.65. The van der Waals surface area contributed by atoms with Crippen LogP contribution < -0.4 is 5.32 Å².